The summed E-state index contributed by atoms with van der Waals surface area (Å²) in [6.07, 6.45) is 0.955. The Labute approximate surface area is 79.7 Å². The molecule has 5 heteroatoms. The summed E-state index contributed by atoms with van der Waals surface area (Å²) in [5.41, 5.74) is -0.349. The summed E-state index contributed by atoms with van der Waals surface area (Å²) in [5.74, 6) is -3.72. The van der Waals surface area contributed by atoms with Crippen molar-refractivity contribution in [3.63, 3.8) is 0 Å². The van der Waals surface area contributed by atoms with E-state index in [4.69, 9.17) is 10.2 Å². The fraction of sp³-hybridized carbons (Fsp3) is 0.667. The molecule has 2 fully saturated rings. The van der Waals surface area contributed by atoms with Gasteiger partial charge in [-0.1, -0.05) is 0 Å². The van der Waals surface area contributed by atoms with E-state index >= 15 is 0 Å². The molecule has 0 saturated heterocycles. The summed E-state index contributed by atoms with van der Waals surface area (Å²) in [6, 6.07) is 0. The predicted octanol–water partition coefficient (Wildman–Crippen LogP) is 0.141. The Kier molecular flexibility index (Phi) is 1.68. The molecule has 1 spiro atoms. The Morgan fingerprint density at radius 3 is 2.00 bits per heavy atom. The largest absolute Gasteiger partial charge is 0.481 e. The molecule has 2 saturated carbocycles. The lowest BCUT2D eigenvalue weighted by molar-refractivity contribution is -0.143. The van der Waals surface area contributed by atoms with Gasteiger partial charge in [0.25, 0.3) is 0 Å². The van der Waals surface area contributed by atoms with Crippen LogP contribution in [0.1, 0.15) is 19.3 Å². The van der Waals surface area contributed by atoms with E-state index in [0.717, 1.165) is 12.8 Å². The van der Waals surface area contributed by atoms with Crippen LogP contribution in [0.15, 0.2) is 0 Å². The van der Waals surface area contributed by atoms with Gasteiger partial charge in [0.15, 0.2) is 0 Å². The zero-order valence-electron chi connectivity index (χ0n) is 7.40. The van der Waals surface area contributed by atoms with E-state index in [2.05, 4.69) is 0 Å². The maximum atomic E-state index is 11.3. The Morgan fingerprint density at radius 2 is 1.71 bits per heavy atom. The van der Waals surface area contributed by atoms with Gasteiger partial charge in [0, 0.05) is 5.92 Å². The molecule has 0 radical (unpaired) electrons. The van der Waals surface area contributed by atoms with E-state index < -0.39 is 36.0 Å². The number of carbonyl (C=O) groups excluding carboxylic acids is 1. The van der Waals surface area contributed by atoms with Crippen molar-refractivity contribution in [3.8, 4) is 0 Å². The predicted molar refractivity (Wildman–Crippen MR) is 43.5 cm³/mol. The van der Waals surface area contributed by atoms with Gasteiger partial charge >= 0.3 is 11.9 Å². The molecule has 2 atom stereocenters. The van der Waals surface area contributed by atoms with Gasteiger partial charge in [-0.25, -0.2) is 0 Å². The molecule has 0 aromatic carbocycles. The first-order chi connectivity index (χ1) is 6.49. The molecule has 5 nitrogen and oxygen atoms in total. The minimum atomic E-state index is -1.18. The van der Waals surface area contributed by atoms with Gasteiger partial charge in [-0.05, 0) is 18.3 Å². The van der Waals surface area contributed by atoms with Gasteiger partial charge < -0.3 is 10.2 Å². The van der Waals surface area contributed by atoms with Crippen molar-refractivity contribution in [2.24, 2.45) is 17.3 Å². The molecule has 76 valence electrons. The van der Waals surface area contributed by atoms with E-state index in [1.165, 1.54) is 0 Å². The Hall–Kier alpha value is -1.39. The average Bonchev–Trinajstić information content (AvgIpc) is 2.89. The Bertz CT molecular complexity index is 328. The fourth-order valence-electron chi connectivity index (χ4n) is 2.41. The molecular weight excluding hydrogens is 188 g/mol. The van der Waals surface area contributed by atoms with Crippen molar-refractivity contribution in [2.45, 2.75) is 19.3 Å². The Morgan fingerprint density at radius 1 is 1.14 bits per heavy atom. The lowest BCUT2D eigenvalue weighted by atomic mass is 10.1. The van der Waals surface area contributed by atoms with Crippen molar-refractivity contribution >= 4 is 17.7 Å². The molecule has 0 amide bonds. The van der Waals surface area contributed by atoms with Crippen molar-refractivity contribution in [3.05, 3.63) is 0 Å². The third-order valence-electron chi connectivity index (χ3n) is 3.23. The lowest BCUT2D eigenvalue weighted by Gasteiger charge is -1.92. The highest BCUT2D eigenvalue weighted by Gasteiger charge is 2.77. The number of carboxylic acids is 2. The maximum Gasteiger partial charge on any atom is 0.310 e. The average molecular weight is 198 g/mol. The summed E-state index contributed by atoms with van der Waals surface area (Å²) < 4.78 is 0. The SMILES string of the molecule is O=C(O)CC(=O)C1C(C(=O)O)C12CC2. The lowest BCUT2D eigenvalue weighted by Crippen LogP contribution is -2.12. The molecule has 2 N–H and O–H groups in total. The molecule has 14 heavy (non-hydrogen) atoms. The quantitative estimate of drug-likeness (QED) is 0.627. The van der Waals surface area contributed by atoms with Crippen LogP contribution in [-0.2, 0) is 14.4 Å². The third kappa shape index (κ3) is 1.12. The number of carboxylic acid groups (broad SMARTS) is 2. The molecule has 0 bridgehead atoms. The molecule has 2 unspecified atom stereocenters. The summed E-state index contributed by atoms with van der Waals surface area (Å²) in [7, 11) is 0. The van der Waals surface area contributed by atoms with Crippen LogP contribution in [0.4, 0.5) is 0 Å². The van der Waals surface area contributed by atoms with Crippen LogP contribution in [-0.4, -0.2) is 27.9 Å². The van der Waals surface area contributed by atoms with Crippen molar-refractivity contribution in [1.29, 1.82) is 0 Å². The first-order valence-electron chi connectivity index (χ1n) is 4.46. The minimum Gasteiger partial charge on any atom is -0.481 e. The number of rotatable bonds is 4. The second kappa shape index (κ2) is 2.56. The number of hydrogen-bond donors (Lipinski definition) is 2. The van der Waals surface area contributed by atoms with Crippen molar-refractivity contribution in [2.75, 3.05) is 0 Å². The molecule has 0 heterocycles. The van der Waals surface area contributed by atoms with Gasteiger partial charge in [-0.15, -0.1) is 0 Å². The highest BCUT2D eigenvalue weighted by molar-refractivity contribution is 6.02. The van der Waals surface area contributed by atoms with Crippen LogP contribution in [0.2, 0.25) is 0 Å². The monoisotopic (exact) mass is 198 g/mol. The number of aliphatic carboxylic acids is 2. The molecule has 0 aromatic heterocycles. The van der Waals surface area contributed by atoms with Gasteiger partial charge in [-0.3, -0.25) is 14.4 Å². The fourth-order valence-corrected chi connectivity index (χ4v) is 2.41. The normalized spacial score (nSPS) is 31.1. The second-order valence-electron chi connectivity index (χ2n) is 4.06. The maximum absolute atomic E-state index is 11.3. The van der Waals surface area contributed by atoms with Gasteiger partial charge in [-0.2, -0.15) is 0 Å². The van der Waals surface area contributed by atoms with E-state index in [1.807, 2.05) is 0 Å². The van der Waals surface area contributed by atoms with E-state index in [-0.39, 0.29) is 5.41 Å². The van der Waals surface area contributed by atoms with Crippen LogP contribution >= 0.6 is 0 Å². The summed E-state index contributed by atoms with van der Waals surface area (Å²) in [4.78, 5) is 32.3. The van der Waals surface area contributed by atoms with Crippen LogP contribution in [0, 0.1) is 17.3 Å². The highest BCUT2D eigenvalue weighted by atomic mass is 16.4. The first-order valence-corrected chi connectivity index (χ1v) is 4.46. The van der Waals surface area contributed by atoms with Crippen molar-refractivity contribution in [1.82, 2.24) is 0 Å². The Balaban J connectivity index is 2.04. The van der Waals surface area contributed by atoms with E-state index in [9.17, 15) is 14.4 Å². The second-order valence-corrected chi connectivity index (χ2v) is 4.06. The minimum absolute atomic E-state index is 0.349. The standard InChI is InChI=1S/C9H10O5/c10-4(3-5(11)12)6-7(8(13)14)9(6)1-2-9/h6-7H,1-3H2,(H,11,12)(H,13,14). The van der Waals surface area contributed by atoms with Gasteiger partial charge in [0.1, 0.15) is 12.2 Å². The van der Waals surface area contributed by atoms with Crippen molar-refractivity contribution < 1.29 is 24.6 Å². The molecule has 0 aromatic rings. The first kappa shape index (κ1) is 9.18. The summed E-state index contributed by atoms with van der Waals surface area (Å²) in [5, 5.41) is 17.2. The number of ketones is 1. The van der Waals surface area contributed by atoms with Gasteiger partial charge in [0.2, 0.25) is 0 Å². The topological polar surface area (TPSA) is 91.7 Å². The van der Waals surface area contributed by atoms with Crippen LogP contribution in [0.5, 0.6) is 0 Å². The van der Waals surface area contributed by atoms with Crippen LogP contribution < -0.4 is 0 Å². The zero-order valence-corrected chi connectivity index (χ0v) is 7.40. The number of hydrogen-bond acceptors (Lipinski definition) is 3. The summed E-state index contributed by atoms with van der Waals surface area (Å²) >= 11 is 0. The molecule has 0 aliphatic heterocycles. The smallest absolute Gasteiger partial charge is 0.310 e. The molecule has 2 aliphatic rings. The van der Waals surface area contributed by atoms with Crippen LogP contribution in [0.3, 0.4) is 0 Å². The van der Waals surface area contributed by atoms with Gasteiger partial charge in [0.05, 0.1) is 5.92 Å². The highest BCUT2D eigenvalue weighted by Crippen LogP contribution is 2.75. The number of Topliss-reactive ketones (excluding diaryl/α,β-unsaturated/α-hetero) is 1. The van der Waals surface area contributed by atoms with E-state index in [1.54, 1.807) is 0 Å². The van der Waals surface area contributed by atoms with E-state index in [0.29, 0.717) is 0 Å². The zero-order chi connectivity index (χ0) is 10.5. The van der Waals surface area contributed by atoms with Crippen LogP contribution in [0.25, 0.3) is 0 Å². The number of carbonyl (C=O) groups is 3. The third-order valence-corrected chi connectivity index (χ3v) is 3.23. The molecular formula is C9H10O5. The molecule has 2 rings (SSSR count). The molecule has 2 aliphatic carbocycles. The summed E-state index contributed by atoms with van der Waals surface area (Å²) in [6.45, 7) is 0.